The monoisotopic (exact) mass is 354 g/mol. The fourth-order valence-electron chi connectivity index (χ4n) is 3.07. The van der Waals surface area contributed by atoms with E-state index in [1.807, 2.05) is 18.7 Å². The first-order chi connectivity index (χ1) is 11.0. The zero-order valence-corrected chi connectivity index (χ0v) is 15.2. The van der Waals surface area contributed by atoms with Gasteiger partial charge in [-0.15, -0.1) is 12.4 Å². The van der Waals surface area contributed by atoms with Crippen LogP contribution in [0.15, 0.2) is 24.3 Å². The van der Waals surface area contributed by atoms with E-state index < -0.39 is 0 Å². The van der Waals surface area contributed by atoms with Crippen LogP contribution in [-0.4, -0.2) is 42.3 Å². The molecule has 1 aromatic rings. The predicted molar refractivity (Wildman–Crippen MR) is 96.8 cm³/mol. The summed E-state index contributed by atoms with van der Waals surface area (Å²) in [5, 5.41) is 0. The maximum absolute atomic E-state index is 12.3. The molecule has 2 unspecified atom stereocenters. The summed E-state index contributed by atoms with van der Waals surface area (Å²) in [6.07, 6.45) is 1.45. The molecule has 2 N–H and O–H groups in total. The van der Waals surface area contributed by atoms with Gasteiger partial charge in [0.25, 0.3) is 0 Å². The van der Waals surface area contributed by atoms with E-state index in [0.29, 0.717) is 31.2 Å². The Balaban J connectivity index is 0.00000288. The van der Waals surface area contributed by atoms with Crippen LogP contribution in [0.3, 0.4) is 0 Å². The molecule has 1 aliphatic heterocycles. The van der Waals surface area contributed by atoms with Crippen molar-refractivity contribution in [3.63, 3.8) is 0 Å². The maximum atomic E-state index is 12.3. The van der Waals surface area contributed by atoms with Gasteiger partial charge < -0.3 is 15.4 Å². The highest BCUT2D eigenvalue weighted by Gasteiger charge is 2.31. The summed E-state index contributed by atoms with van der Waals surface area (Å²) in [6.45, 7) is 5.88. The Kier molecular flexibility index (Phi) is 8.22. The van der Waals surface area contributed by atoms with E-state index in [1.54, 1.807) is 24.3 Å². The lowest BCUT2D eigenvalue weighted by atomic mass is 10.1. The maximum Gasteiger partial charge on any atom is 0.223 e. The fraction of sp³-hybridized carbons (Fsp3) is 0.556. The Labute approximate surface area is 149 Å². The number of likely N-dealkylation sites (tertiary alicyclic amines) is 1. The number of benzene rings is 1. The van der Waals surface area contributed by atoms with Gasteiger partial charge in [-0.25, -0.2) is 0 Å². The van der Waals surface area contributed by atoms with Crippen LogP contribution in [0.1, 0.15) is 43.5 Å². The van der Waals surface area contributed by atoms with Crippen molar-refractivity contribution in [2.75, 3.05) is 19.7 Å². The highest BCUT2D eigenvalue weighted by atomic mass is 35.5. The molecule has 1 aromatic carbocycles. The largest absolute Gasteiger partial charge is 0.494 e. The molecule has 0 bridgehead atoms. The number of nitrogens with two attached hydrogens (primary N) is 1. The van der Waals surface area contributed by atoms with Gasteiger partial charge in [0, 0.05) is 31.0 Å². The third kappa shape index (κ3) is 5.21. The molecule has 24 heavy (non-hydrogen) atoms. The summed E-state index contributed by atoms with van der Waals surface area (Å²) in [5.74, 6) is 1.17. The lowest BCUT2D eigenvalue weighted by Gasteiger charge is -2.21. The number of ketones is 1. The van der Waals surface area contributed by atoms with E-state index in [1.165, 1.54) is 0 Å². The zero-order chi connectivity index (χ0) is 16.8. The Morgan fingerprint density at radius 2 is 1.92 bits per heavy atom. The number of hydrogen-bond donors (Lipinski definition) is 1. The third-order valence-corrected chi connectivity index (χ3v) is 4.37. The van der Waals surface area contributed by atoms with E-state index in [2.05, 4.69) is 0 Å². The van der Waals surface area contributed by atoms with Crippen LogP contribution in [-0.2, 0) is 4.79 Å². The number of carbonyl (C=O) groups excluding carboxylic acids is 2. The van der Waals surface area contributed by atoms with Gasteiger partial charge in [-0.1, -0.05) is 0 Å². The van der Waals surface area contributed by atoms with Crippen molar-refractivity contribution in [3.8, 4) is 5.75 Å². The summed E-state index contributed by atoms with van der Waals surface area (Å²) in [6, 6.07) is 7.29. The molecule has 134 valence electrons. The van der Waals surface area contributed by atoms with Crippen molar-refractivity contribution in [1.29, 1.82) is 0 Å². The van der Waals surface area contributed by atoms with Gasteiger partial charge >= 0.3 is 0 Å². The molecule has 1 aliphatic rings. The molecule has 0 radical (unpaired) electrons. The van der Waals surface area contributed by atoms with Gasteiger partial charge in [-0.2, -0.15) is 0 Å². The van der Waals surface area contributed by atoms with Crippen molar-refractivity contribution < 1.29 is 14.3 Å². The number of carbonyl (C=O) groups is 2. The lowest BCUT2D eigenvalue weighted by molar-refractivity contribution is -0.131. The van der Waals surface area contributed by atoms with Gasteiger partial charge in [0.05, 0.1) is 6.61 Å². The highest BCUT2D eigenvalue weighted by Crippen LogP contribution is 2.23. The van der Waals surface area contributed by atoms with Crippen LogP contribution < -0.4 is 10.5 Å². The van der Waals surface area contributed by atoms with Gasteiger partial charge in [0.1, 0.15) is 5.75 Å². The van der Waals surface area contributed by atoms with Crippen LogP contribution >= 0.6 is 12.4 Å². The summed E-state index contributed by atoms with van der Waals surface area (Å²) in [5.41, 5.74) is 6.31. The van der Waals surface area contributed by atoms with Gasteiger partial charge in [0.2, 0.25) is 5.91 Å². The molecule has 2 atom stereocenters. The SMILES string of the molecule is CCOc1ccc(C(=O)CCC(=O)N2CC(CN)CC2C)cc1.Cl. The van der Waals surface area contributed by atoms with Crippen LogP contribution in [0, 0.1) is 5.92 Å². The Morgan fingerprint density at radius 1 is 1.25 bits per heavy atom. The quantitative estimate of drug-likeness (QED) is 0.764. The molecule has 5 nitrogen and oxygen atoms in total. The van der Waals surface area contributed by atoms with E-state index in [-0.39, 0.29) is 43.0 Å². The summed E-state index contributed by atoms with van der Waals surface area (Å²) in [4.78, 5) is 26.4. The van der Waals surface area contributed by atoms with Crippen molar-refractivity contribution in [2.45, 2.75) is 39.2 Å². The molecular weight excluding hydrogens is 328 g/mol. The highest BCUT2D eigenvalue weighted by molar-refractivity contribution is 5.98. The molecule has 1 fully saturated rings. The molecule has 0 spiro atoms. The van der Waals surface area contributed by atoms with Crippen molar-refractivity contribution in [1.82, 2.24) is 4.90 Å². The first kappa shape index (κ1) is 20.5. The Hall–Kier alpha value is -1.59. The van der Waals surface area contributed by atoms with Crippen LogP contribution in [0.5, 0.6) is 5.75 Å². The number of halogens is 1. The molecule has 0 saturated carbocycles. The number of amides is 1. The minimum Gasteiger partial charge on any atom is -0.494 e. The van der Waals surface area contributed by atoms with Gasteiger partial charge in [-0.3, -0.25) is 9.59 Å². The van der Waals surface area contributed by atoms with Gasteiger partial charge in [-0.05, 0) is 57.0 Å². The van der Waals surface area contributed by atoms with Crippen LogP contribution in [0.2, 0.25) is 0 Å². The molecule has 0 aromatic heterocycles. The fourth-order valence-corrected chi connectivity index (χ4v) is 3.07. The number of hydrogen-bond acceptors (Lipinski definition) is 4. The smallest absolute Gasteiger partial charge is 0.223 e. The summed E-state index contributed by atoms with van der Waals surface area (Å²) >= 11 is 0. The van der Waals surface area contributed by atoms with E-state index in [9.17, 15) is 9.59 Å². The molecular formula is C18H27ClN2O3. The van der Waals surface area contributed by atoms with Crippen LogP contribution in [0.25, 0.3) is 0 Å². The van der Waals surface area contributed by atoms with Gasteiger partial charge in [0.15, 0.2) is 5.78 Å². The second-order valence-electron chi connectivity index (χ2n) is 6.11. The Morgan fingerprint density at radius 3 is 2.46 bits per heavy atom. The number of nitrogens with zero attached hydrogens (tertiary/aromatic N) is 1. The van der Waals surface area contributed by atoms with Crippen LogP contribution in [0.4, 0.5) is 0 Å². The summed E-state index contributed by atoms with van der Waals surface area (Å²) < 4.78 is 5.36. The number of rotatable bonds is 7. The normalized spacial score (nSPS) is 19.7. The van der Waals surface area contributed by atoms with E-state index in [0.717, 1.165) is 12.2 Å². The predicted octanol–water partition coefficient (Wildman–Crippen LogP) is 2.67. The second-order valence-corrected chi connectivity index (χ2v) is 6.11. The topological polar surface area (TPSA) is 72.6 Å². The average molecular weight is 355 g/mol. The van der Waals surface area contributed by atoms with E-state index >= 15 is 0 Å². The molecule has 0 aliphatic carbocycles. The first-order valence-corrected chi connectivity index (χ1v) is 8.30. The molecule has 6 heteroatoms. The standard InChI is InChI=1S/C18H26N2O3.ClH/c1-3-23-16-6-4-15(5-7-16)17(21)8-9-18(22)20-12-14(11-19)10-13(20)2;/h4-7,13-14H,3,8-12,19H2,1-2H3;1H. The molecule has 1 heterocycles. The Bertz CT molecular complexity index is 548. The zero-order valence-electron chi connectivity index (χ0n) is 14.4. The molecule has 2 rings (SSSR count). The summed E-state index contributed by atoms with van der Waals surface area (Å²) in [7, 11) is 0. The van der Waals surface area contributed by atoms with Crippen molar-refractivity contribution >= 4 is 24.1 Å². The number of ether oxygens (including phenoxy) is 1. The first-order valence-electron chi connectivity index (χ1n) is 8.30. The van der Waals surface area contributed by atoms with Crippen molar-refractivity contribution in [2.24, 2.45) is 11.7 Å². The molecule has 1 amide bonds. The lowest BCUT2D eigenvalue weighted by Crippen LogP contribution is -2.34. The minimum atomic E-state index is -0.0105. The van der Waals surface area contributed by atoms with Crippen molar-refractivity contribution in [3.05, 3.63) is 29.8 Å². The minimum absolute atomic E-state index is 0. The second kappa shape index (κ2) is 9.64. The third-order valence-electron chi connectivity index (χ3n) is 4.37. The average Bonchev–Trinajstić information content (AvgIpc) is 2.94. The number of Topliss-reactive ketones (excluding diaryl/α,β-unsaturated/α-hetero) is 1. The molecule has 1 saturated heterocycles. The van der Waals surface area contributed by atoms with E-state index in [4.69, 9.17) is 10.5 Å².